The fraction of sp³-hybridized carbons (Fsp3) is 0.455. The van der Waals surface area contributed by atoms with Crippen molar-refractivity contribution in [2.75, 3.05) is 19.0 Å². The van der Waals surface area contributed by atoms with Crippen molar-refractivity contribution < 1.29 is 9.15 Å². The standard InChI is InChI=1S/C11H15N3O2S/c1-3-10-13-14-11(16-10)12-7-8(15-2)9-5-4-6-17-9/h4-6,8H,3,7H2,1-2H3,(H,12,14)/t8-/m0/s1. The van der Waals surface area contributed by atoms with Gasteiger partial charge < -0.3 is 14.5 Å². The number of aromatic nitrogens is 2. The Morgan fingerprint density at radius 3 is 3.00 bits per heavy atom. The van der Waals surface area contributed by atoms with Gasteiger partial charge in [0.2, 0.25) is 5.89 Å². The van der Waals surface area contributed by atoms with Gasteiger partial charge in [0.05, 0.1) is 6.54 Å². The van der Waals surface area contributed by atoms with E-state index in [4.69, 9.17) is 9.15 Å². The van der Waals surface area contributed by atoms with Gasteiger partial charge in [0, 0.05) is 18.4 Å². The second-order valence-electron chi connectivity index (χ2n) is 3.48. The molecule has 2 heterocycles. The predicted molar refractivity (Wildman–Crippen MR) is 66.2 cm³/mol. The van der Waals surface area contributed by atoms with Gasteiger partial charge in [0.15, 0.2) is 0 Å². The second-order valence-corrected chi connectivity index (χ2v) is 4.45. The average molecular weight is 253 g/mol. The first-order chi connectivity index (χ1) is 8.33. The van der Waals surface area contributed by atoms with Crippen LogP contribution in [0, 0.1) is 0 Å². The molecule has 0 aliphatic heterocycles. The molecule has 92 valence electrons. The number of thiophene rings is 1. The number of hydrogen-bond acceptors (Lipinski definition) is 6. The topological polar surface area (TPSA) is 60.2 Å². The van der Waals surface area contributed by atoms with Crippen LogP contribution in [0.3, 0.4) is 0 Å². The summed E-state index contributed by atoms with van der Waals surface area (Å²) in [7, 11) is 1.69. The van der Waals surface area contributed by atoms with Gasteiger partial charge in [-0.3, -0.25) is 0 Å². The Balaban J connectivity index is 1.92. The molecular weight excluding hydrogens is 238 g/mol. The average Bonchev–Trinajstić information content (AvgIpc) is 3.00. The lowest BCUT2D eigenvalue weighted by molar-refractivity contribution is 0.116. The molecule has 0 unspecified atom stereocenters. The third-order valence-electron chi connectivity index (χ3n) is 2.35. The summed E-state index contributed by atoms with van der Waals surface area (Å²) in [6, 6.07) is 4.50. The highest BCUT2D eigenvalue weighted by atomic mass is 32.1. The largest absolute Gasteiger partial charge is 0.408 e. The molecule has 0 bridgehead atoms. The molecule has 2 rings (SSSR count). The molecule has 0 saturated carbocycles. The van der Waals surface area contributed by atoms with E-state index in [1.807, 2.05) is 24.4 Å². The van der Waals surface area contributed by atoms with Crippen molar-refractivity contribution in [1.82, 2.24) is 10.2 Å². The Morgan fingerprint density at radius 1 is 1.53 bits per heavy atom. The zero-order valence-corrected chi connectivity index (χ0v) is 10.7. The van der Waals surface area contributed by atoms with E-state index in [0.717, 1.165) is 6.42 Å². The summed E-state index contributed by atoms with van der Waals surface area (Å²) >= 11 is 1.67. The number of rotatable bonds is 6. The molecule has 0 aromatic carbocycles. The monoisotopic (exact) mass is 253 g/mol. The summed E-state index contributed by atoms with van der Waals surface area (Å²) in [6.45, 7) is 2.59. The van der Waals surface area contributed by atoms with Gasteiger partial charge in [-0.1, -0.05) is 18.1 Å². The van der Waals surface area contributed by atoms with Crippen LogP contribution in [0.5, 0.6) is 0 Å². The van der Waals surface area contributed by atoms with E-state index in [1.54, 1.807) is 18.4 Å². The van der Waals surface area contributed by atoms with Crippen LogP contribution in [-0.4, -0.2) is 23.9 Å². The molecule has 0 aliphatic carbocycles. The van der Waals surface area contributed by atoms with E-state index in [0.29, 0.717) is 18.5 Å². The number of hydrogen-bond donors (Lipinski definition) is 1. The van der Waals surface area contributed by atoms with Crippen LogP contribution < -0.4 is 5.32 Å². The lowest BCUT2D eigenvalue weighted by Crippen LogP contribution is -2.13. The molecule has 0 radical (unpaired) electrons. The van der Waals surface area contributed by atoms with Crippen molar-refractivity contribution in [2.45, 2.75) is 19.4 Å². The summed E-state index contributed by atoms with van der Waals surface area (Å²) < 4.78 is 10.8. The highest BCUT2D eigenvalue weighted by Gasteiger charge is 2.12. The van der Waals surface area contributed by atoms with E-state index in [1.165, 1.54) is 4.88 Å². The molecule has 0 saturated heterocycles. The van der Waals surface area contributed by atoms with Crippen molar-refractivity contribution in [3.05, 3.63) is 28.3 Å². The molecule has 0 fully saturated rings. The van der Waals surface area contributed by atoms with Gasteiger partial charge in [-0.05, 0) is 11.4 Å². The molecule has 1 atom stereocenters. The highest BCUT2D eigenvalue weighted by molar-refractivity contribution is 7.10. The first-order valence-electron chi connectivity index (χ1n) is 5.46. The Morgan fingerprint density at radius 2 is 2.41 bits per heavy atom. The van der Waals surface area contributed by atoms with E-state index >= 15 is 0 Å². The lowest BCUT2D eigenvalue weighted by atomic mass is 10.3. The molecule has 2 aromatic rings. The molecular formula is C11H15N3O2S. The fourth-order valence-electron chi connectivity index (χ4n) is 1.42. The normalized spacial score (nSPS) is 12.6. The van der Waals surface area contributed by atoms with Crippen LogP contribution in [0.1, 0.15) is 23.8 Å². The van der Waals surface area contributed by atoms with E-state index in [-0.39, 0.29) is 6.10 Å². The molecule has 5 nitrogen and oxygen atoms in total. The Bertz CT molecular complexity index is 441. The minimum Gasteiger partial charge on any atom is -0.408 e. The van der Waals surface area contributed by atoms with Gasteiger partial charge >= 0.3 is 6.01 Å². The van der Waals surface area contributed by atoms with Crippen LogP contribution in [0.4, 0.5) is 6.01 Å². The third-order valence-corrected chi connectivity index (χ3v) is 3.32. The summed E-state index contributed by atoms with van der Waals surface area (Å²) in [5, 5.41) is 12.9. The quantitative estimate of drug-likeness (QED) is 0.857. The summed E-state index contributed by atoms with van der Waals surface area (Å²) in [4.78, 5) is 1.18. The Kier molecular flexibility index (Phi) is 4.11. The Hall–Kier alpha value is -1.40. The minimum absolute atomic E-state index is 0.00646. The van der Waals surface area contributed by atoms with Gasteiger partial charge in [0.1, 0.15) is 6.10 Å². The number of aryl methyl sites for hydroxylation is 1. The van der Waals surface area contributed by atoms with Crippen LogP contribution in [0.25, 0.3) is 0 Å². The SMILES string of the molecule is CCc1nnc(NC[C@H](OC)c2cccs2)o1. The number of nitrogens with zero attached hydrogens (tertiary/aromatic N) is 2. The molecule has 17 heavy (non-hydrogen) atoms. The first-order valence-corrected chi connectivity index (χ1v) is 6.34. The van der Waals surface area contributed by atoms with Crippen molar-refractivity contribution in [1.29, 1.82) is 0 Å². The minimum atomic E-state index is 0.00646. The van der Waals surface area contributed by atoms with Crippen LogP contribution >= 0.6 is 11.3 Å². The zero-order valence-electron chi connectivity index (χ0n) is 9.84. The maximum Gasteiger partial charge on any atom is 0.315 e. The first kappa shape index (κ1) is 12.1. The summed E-state index contributed by atoms with van der Waals surface area (Å²) in [6.07, 6.45) is 0.750. The van der Waals surface area contributed by atoms with Crippen LogP contribution in [0.2, 0.25) is 0 Å². The maximum atomic E-state index is 5.41. The van der Waals surface area contributed by atoms with Crippen molar-refractivity contribution >= 4 is 17.4 Å². The molecule has 6 heteroatoms. The van der Waals surface area contributed by atoms with Crippen molar-refractivity contribution in [2.24, 2.45) is 0 Å². The van der Waals surface area contributed by atoms with Gasteiger partial charge in [-0.15, -0.1) is 16.4 Å². The zero-order chi connectivity index (χ0) is 12.1. The Labute approximate surface area is 104 Å². The third kappa shape index (κ3) is 3.04. The highest BCUT2D eigenvalue weighted by Crippen LogP contribution is 2.22. The number of ether oxygens (including phenoxy) is 1. The smallest absolute Gasteiger partial charge is 0.315 e. The molecule has 0 spiro atoms. The summed E-state index contributed by atoms with van der Waals surface area (Å²) in [5.41, 5.74) is 0. The second kappa shape index (κ2) is 5.79. The molecule has 0 aliphatic rings. The predicted octanol–water partition coefficient (Wildman–Crippen LogP) is 2.49. The van der Waals surface area contributed by atoms with Crippen LogP contribution in [-0.2, 0) is 11.2 Å². The summed E-state index contributed by atoms with van der Waals surface area (Å²) in [5.74, 6) is 0.637. The van der Waals surface area contributed by atoms with E-state index in [9.17, 15) is 0 Å². The van der Waals surface area contributed by atoms with Gasteiger partial charge in [0.25, 0.3) is 0 Å². The molecule has 2 aromatic heterocycles. The molecule has 0 amide bonds. The molecule has 1 N–H and O–H groups in total. The fourth-order valence-corrected chi connectivity index (χ4v) is 2.23. The number of nitrogens with one attached hydrogen (secondary N) is 1. The lowest BCUT2D eigenvalue weighted by Gasteiger charge is -2.13. The number of anilines is 1. The van der Waals surface area contributed by atoms with Gasteiger partial charge in [-0.2, -0.15) is 0 Å². The van der Waals surface area contributed by atoms with Crippen LogP contribution in [0.15, 0.2) is 21.9 Å². The number of methoxy groups -OCH3 is 1. The van der Waals surface area contributed by atoms with E-state index in [2.05, 4.69) is 15.5 Å². The van der Waals surface area contributed by atoms with E-state index < -0.39 is 0 Å². The maximum absolute atomic E-state index is 5.41. The van der Waals surface area contributed by atoms with Gasteiger partial charge in [-0.25, -0.2) is 0 Å². The van der Waals surface area contributed by atoms with Crippen molar-refractivity contribution in [3.63, 3.8) is 0 Å². The van der Waals surface area contributed by atoms with Crippen molar-refractivity contribution in [3.8, 4) is 0 Å².